The lowest BCUT2D eigenvalue weighted by Gasteiger charge is -2.01. The Balaban J connectivity index is 2.32. The Morgan fingerprint density at radius 2 is 2.17 bits per heavy atom. The van der Waals surface area contributed by atoms with Crippen LogP contribution in [0.2, 0.25) is 0 Å². The Kier molecular flexibility index (Phi) is 3.52. The van der Waals surface area contributed by atoms with Crippen LogP contribution in [0.25, 0.3) is 17.5 Å². The molecule has 18 heavy (non-hydrogen) atoms. The van der Waals surface area contributed by atoms with Crippen LogP contribution in [-0.2, 0) is 11.2 Å². The van der Waals surface area contributed by atoms with Crippen LogP contribution in [0.15, 0.2) is 34.8 Å². The van der Waals surface area contributed by atoms with E-state index in [1.807, 2.05) is 31.2 Å². The highest BCUT2D eigenvalue weighted by atomic mass is 16.4. The summed E-state index contributed by atoms with van der Waals surface area (Å²) in [5, 5.41) is 16.2. The number of aliphatic carboxylic acids is 1. The van der Waals surface area contributed by atoms with E-state index < -0.39 is 5.97 Å². The predicted molar refractivity (Wildman–Crippen MR) is 65.8 cm³/mol. The number of nitrogens with zero attached hydrogens (tertiary/aromatic N) is 2. The SMILES string of the molecule is CCc1ccccc1-c1nnc(/C=C/C(=O)O)o1. The van der Waals surface area contributed by atoms with E-state index in [1.165, 1.54) is 6.08 Å². The molecule has 2 rings (SSSR count). The van der Waals surface area contributed by atoms with Gasteiger partial charge in [0.1, 0.15) is 0 Å². The largest absolute Gasteiger partial charge is 0.478 e. The fourth-order valence-electron chi connectivity index (χ4n) is 1.59. The first-order valence-corrected chi connectivity index (χ1v) is 5.53. The number of hydrogen-bond donors (Lipinski definition) is 1. The zero-order valence-electron chi connectivity index (χ0n) is 9.83. The van der Waals surface area contributed by atoms with E-state index >= 15 is 0 Å². The van der Waals surface area contributed by atoms with E-state index in [9.17, 15) is 4.79 Å². The molecule has 0 bridgehead atoms. The summed E-state index contributed by atoms with van der Waals surface area (Å²) < 4.78 is 5.39. The number of aromatic nitrogens is 2. The van der Waals surface area contributed by atoms with Gasteiger partial charge in [-0.2, -0.15) is 0 Å². The van der Waals surface area contributed by atoms with Crippen LogP contribution in [0.5, 0.6) is 0 Å². The van der Waals surface area contributed by atoms with Gasteiger partial charge in [0.2, 0.25) is 11.8 Å². The molecule has 1 N–H and O–H groups in total. The second kappa shape index (κ2) is 5.27. The maximum absolute atomic E-state index is 10.4. The minimum atomic E-state index is -1.05. The smallest absolute Gasteiger partial charge is 0.328 e. The quantitative estimate of drug-likeness (QED) is 0.835. The summed E-state index contributed by atoms with van der Waals surface area (Å²) in [6.07, 6.45) is 3.09. The van der Waals surface area contributed by atoms with Crippen molar-refractivity contribution in [2.45, 2.75) is 13.3 Å². The van der Waals surface area contributed by atoms with E-state index in [4.69, 9.17) is 9.52 Å². The maximum atomic E-state index is 10.4. The molecule has 1 aromatic carbocycles. The van der Waals surface area contributed by atoms with Crippen molar-refractivity contribution in [3.8, 4) is 11.5 Å². The summed E-state index contributed by atoms with van der Waals surface area (Å²) in [6, 6.07) is 7.73. The molecule has 0 atom stereocenters. The lowest BCUT2D eigenvalue weighted by atomic mass is 10.1. The van der Waals surface area contributed by atoms with Crippen LogP contribution >= 0.6 is 0 Å². The van der Waals surface area contributed by atoms with Crippen molar-refractivity contribution in [2.24, 2.45) is 0 Å². The number of carboxylic acids is 1. The number of rotatable bonds is 4. The minimum Gasteiger partial charge on any atom is -0.478 e. The molecule has 5 nitrogen and oxygen atoms in total. The number of hydrogen-bond acceptors (Lipinski definition) is 4. The molecule has 2 aromatic rings. The normalized spacial score (nSPS) is 10.9. The Hall–Kier alpha value is -2.43. The van der Waals surface area contributed by atoms with Crippen molar-refractivity contribution in [3.63, 3.8) is 0 Å². The van der Waals surface area contributed by atoms with Gasteiger partial charge in [0, 0.05) is 17.7 Å². The van der Waals surface area contributed by atoms with Crippen molar-refractivity contribution < 1.29 is 14.3 Å². The Morgan fingerprint density at radius 3 is 2.89 bits per heavy atom. The van der Waals surface area contributed by atoms with Gasteiger partial charge in [-0.05, 0) is 18.1 Å². The third-order valence-corrected chi connectivity index (χ3v) is 2.44. The van der Waals surface area contributed by atoms with Gasteiger partial charge in [-0.1, -0.05) is 25.1 Å². The lowest BCUT2D eigenvalue weighted by molar-refractivity contribution is -0.131. The van der Waals surface area contributed by atoms with Gasteiger partial charge in [-0.25, -0.2) is 4.79 Å². The van der Waals surface area contributed by atoms with E-state index in [-0.39, 0.29) is 5.89 Å². The first-order valence-electron chi connectivity index (χ1n) is 5.53. The van der Waals surface area contributed by atoms with Gasteiger partial charge in [0.25, 0.3) is 0 Å². The highest BCUT2D eigenvalue weighted by Crippen LogP contribution is 2.22. The summed E-state index contributed by atoms with van der Waals surface area (Å²) in [6.45, 7) is 2.04. The van der Waals surface area contributed by atoms with Crippen LogP contribution in [0.1, 0.15) is 18.4 Å². The van der Waals surface area contributed by atoms with Crippen LogP contribution in [-0.4, -0.2) is 21.3 Å². The molecule has 0 aliphatic heterocycles. The topological polar surface area (TPSA) is 76.2 Å². The van der Waals surface area contributed by atoms with Gasteiger partial charge < -0.3 is 9.52 Å². The molecule has 0 aliphatic rings. The van der Waals surface area contributed by atoms with Crippen LogP contribution < -0.4 is 0 Å². The summed E-state index contributed by atoms with van der Waals surface area (Å²) >= 11 is 0. The highest BCUT2D eigenvalue weighted by molar-refractivity contribution is 5.84. The van der Waals surface area contributed by atoms with E-state index in [0.29, 0.717) is 5.89 Å². The first kappa shape index (κ1) is 12.0. The van der Waals surface area contributed by atoms with E-state index in [0.717, 1.165) is 23.6 Å². The van der Waals surface area contributed by atoms with E-state index in [2.05, 4.69) is 10.2 Å². The standard InChI is InChI=1S/C13H12N2O3/c1-2-9-5-3-4-6-10(9)13-15-14-11(18-13)7-8-12(16)17/h3-8H,2H2,1H3,(H,16,17)/b8-7+. The summed E-state index contributed by atoms with van der Waals surface area (Å²) in [7, 11) is 0. The molecule has 0 radical (unpaired) electrons. The molecule has 1 heterocycles. The second-order valence-corrected chi connectivity index (χ2v) is 3.63. The van der Waals surface area contributed by atoms with Crippen molar-refractivity contribution in [2.75, 3.05) is 0 Å². The van der Waals surface area contributed by atoms with Crippen molar-refractivity contribution in [3.05, 3.63) is 41.8 Å². The molecule has 0 saturated heterocycles. The monoisotopic (exact) mass is 244 g/mol. The van der Waals surface area contributed by atoms with Crippen molar-refractivity contribution in [1.82, 2.24) is 10.2 Å². The molecule has 0 spiro atoms. The fourth-order valence-corrected chi connectivity index (χ4v) is 1.59. The predicted octanol–water partition coefficient (Wildman–Crippen LogP) is 2.40. The molecule has 0 unspecified atom stereocenters. The third kappa shape index (κ3) is 2.63. The first-order chi connectivity index (χ1) is 8.70. The number of carboxylic acid groups (broad SMARTS) is 1. The summed E-state index contributed by atoms with van der Waals surface area (Å²) in [5.74, 6) is -0.473. The highest BCUT2D eigenvalue weighted by Gasteiger charge is 2.10. The van der Waals surface area contributed by atoms with Crippen molar-refractivity contribution >= 4 is 12.0 Å². The van der Waals surface area contributed by atoms with Gasteiger partial charge in [-0.3, -0.25) is 0 Å². The molecule has 0 fully saturated rings. The Morgan fingerprint density at radius 1 is 1.39 bits per heavy atom. The average Bonchev–Trinajstić information content (AvgIpc) is 2.85. The number of carbonyl (C=O) groups is 1. The van der Waals surface area contributed by atoms with Gasteiger partial charge >= 0.3 is 5.97 Å². The molecule has 1 aromatic heterocycles. The maximum Gasteiger partial charge on any atom is 0.328 e. The molecule has 5 heteroatoms. The molecule has 0 aliphatic carbocycles. The lowest BCUT2D eigenvalue weighted by Crippen LogP contribution is -1.86. The van der Waals surface area contributed by atoms with E-state index in [1.54, 1.807) is 0 Å². The van der Waals surface area contributed by atoms with Gasteiger partial charge in [-0.15, -0.1) is 10.2 Å². The van der Waals surface area contributed by atoms with Crippen LogP contribution in [0.4, 0.5) is 0 Å². The molecule has 0 saturated carbocycles. The zero-order chi connectivity index (χ0) is 13.0. The fraction of sp³-hybridized carbons (Fsp3) is 0.154. The molecular formula is C13H12N2O3. The third-order valence-electron chi connectivity index (χ3n) is 2.44. The molecule has 92 valence electrons. The Bertz CT molecular complexity index is 587. The number of benzene rings is 1. The zero-order valence-corrected chi connectivity index (χ0v) is 9.83. The summed E-state index contributed by atoms with van der Waals surface area (Å²) in [4.78, 5) is 10.4. The Labute approximate surface area is 104 Å². The average molecular weight is 244 g/mol. The second-order valence-electron chi connectivity index (χ2n) is 3.63. The van der Waals surface area contributed by atoms with Crippen LogP contribution in [0, 0.1) is 0 Å². The van der Waals surface area contributed by atoms with Crippen LogP contribution in [0.3, 0.4) is 0 Å². The number of aryl methyl sites for hydroxylation is 1. The minimum absolute atomic E-state index is 0.179. The molecular weight excluding hydrogens is 232 g/mol. The van der Waals surface area contributed by atoms with Gasteiger partial charge in [0.05, 0.1) is 0 Å². The van der Waals surface area contributed by atoms with Gasteiger partial charge in [0.15, 0.2) is 0 Å². The van der Waals surface area contributed by atoms with Crippen molar-refractivity contribution in [1.29, 1.82) is 0 Å². The molecule has 0 amide bonds. The summed E-state index contributed by atoms with van der Waals surface area (Å²) in [5.41, 5.74) is 1.98.